The average Bonchev–Trinajstić information content (AvgIpc) is 2.19. The second-order valence-corrected chi connectivity index (χ2v) is 6.99. The van der Waals surface area contributed by atoms with Crippen LogP contribution < -0.4 is 4.52 Å². The molecule has 0 aliphatic carbocycles. The van der Waals surface area contributed by atoms with E-state index in [-0.39, 0.29) is 0 Å². The molecule has 1 aromatic carbocycles. The molecule has 0 aromatic heterocycles. The van der Waals surface area contributed by atoms with E-state index in [0.717, 1.165) is 12.2 Å². The highest BCUT2D eigenvalue weighted by Crippen LogP contribution is 2.62. The Kier molecular flexibility index (Phi) is 3.16. The van der Waals surface area contributed by atoms with Crippen LogP contribution in [0.4, 0.5) is 0 Å². The lowest BCUT2D eigenvalue weighted by molar-refractivity contribution is 0.277. The van der Waals surface area contributed by atoms with E-state index in [2.05, 4.69) is 0 Å². The number of benzene rings is 1. The quantitative estimate of drug-likeness (QED) is 0.730. The van der Waals surface area contributed by atoms with E-state index < -0.39 is 6.80 Å². The van der Waals surface area contributed by atoms with E-state index in [1.807, 2.05) is 18.2 Å². The lowest BCUT2D eigenvalue weighted by Gasteiger charge is -2.21. The zero-order chi connectivity index (χ0) is 9.86. The van der Waals surface area contributed by atoms with E-state index in [1.165, 1.54) is 11.4 Å². The summed E-state index contributed by atoms with van der Waals surface area (Å²) in [4.78, 5) is 0. The largest absolute Gasteiger partial charge is 0.440 e. The molecule has 0 N–H and O–H groups in total. The molecule has 3 nitrogen and oxygen atoms in total. The highest BCUT2D eigenvalue weighted by molar-refractivity contribution is 8.55. The van der Waals surface area contributed by atoms with E-state index in [9.17, 15) is 4.57 Å². The van der Waals surface area contributed by atoms with Crippen LogP contribution in [0.25, 0.3) is 0 Å². The van der Waals surface area contributed by atoms with E-state index in [0.29, 0.717) is 12.4 Å². The first-order valence-corrected chi connectivity index (χ1v) is 7.56. The van der Waals surface area contributed by atoms with Gasteiger partial charge in [-0.15, -0.1) is 0 Å². The van der Waals surface area contributed by atoms with Crippen LogP contribution in [0.2, 0.25) is 0 Å². The third-order valence-electron chi connectivity index (χ3n) is 1.75. The monoisotopic (exact) mass is 230 g/mol. The standard InChI is InChI=1S/C9H11O3PS/c10-13(11-7-4-8-14-13)12-9-5-2-1-3-6-9/h1-3,5-6H,4,7-8H2/t13-/m0/s1. The smallest absolute Gasteiger partial charge is 0.417 e. The molecule has 1 aromatic rings. The third kappa shape index (κ3) is 2.53. The SMILES string of the molecule is O=[P@@]1(Oc2ccccc2)OCCCS1. The summed E-state index contributed by atoms with van der Waals surface area (Å²) in [6.45, 7) is -2.39. The second-order valence-electron chi connectivity index (χ2n) is 2.87. The highest BCUT2D eigenvalue weighted by Gasteiger charge is 2.30. The molecule has 5 heteroatoms. The summed E-state index contributed by atoms with van der Waals surface area (Å²) in [6.07, 6.45) is 0.937. The molecule has 1 aliphatic heterocycles. The molecule has 1 saturated heterocycles. The van der Waals surface area contributed by atoms with Crippen molar-refractivity contribution in [3.8, 4) is 5.75 Å². The van der Waals surface area contributed by atoms with Gasteiger partial charge < -0.3 is 4.52 Å². The molecule has 0 saturated carbocycles. The van der Waals surface area contributed by atoms with Crippen LogP contribution in [0.15, 0.2) is 30.3 Å². The van der Waals surface area contributed by atoms with Gasteiger partial charge in [-0.1, -0.05) is 18.2 Å². The van der Waals surface area contributed by atoms with Crippen molar-refractivity contribution in [3.05, 3.63) is 30.3 Å². The summed E-state index contributed by atoms with van der Waals surface area (Å²) >= 11 is 1.27. The number of para-hydroxylation sites is 1. The minimum atomic E-state index is -2.92. The van der Waals surface area contributed by atoms with Crippen molar-refractivity contribution < 1.29 is 13.6 Å². The molecular weight excluding hydrogens is 219 g/mol. The lowest BCUT2D eigenvalue weighted by atomic mass is 10.3. The Hall–Kier alpha value is -0.440. The zero-order valence-electron chi connectivity index (χ0n) is 7.59. The van der Waals surface area contributed by atoms with Crippen LogP contribution in [0.1, 0.15) is 6.42 Å². The fraction of sp³-hybridized carbons (Fsp3) is 0.333. The number of hydrogen-bond acceptors (Lipinski definition) is 4. The van der Waals surface area contributed by atoms with Crippen LogP contribution in [0, 0.1) is 0 Å². The minimum Gasteiger partial charge on any atom is -0.417 e. The van der Waals surface area contributed by atoms with Crippen molar-refractivity contribution >= 4 is 18.2 Å². The van der Waals surface area contributed by atoms with Crippen LogP contribution in [0.3, 0.4) is 0 Å². The van der Waals surface area contributed by atoms with Crippen molar-refractivity contribution in [2.45, 2.75) is 6.42 Å². The van der Waals surface area contributed by atoms with E-state index >= 15 is 0 Å². The van der Waals surface area contributed by atoms with Gasteiger partial charge in [-0.05, 0) is 29.9 Å². The van der Waals surface area contributed by atoms with Gasteiger partial charge >= 0.3 is 6.80 Å². The summed E-state index contributed by atoms with van der Waals surface area (Å²) < 4.78 is 22.4. The summed E-state index contributed by atoms with van der Waals surface area (Å²) in [7, 11) is 0. The van der Waals surface area contributed by atoms with Gasteiger partial charge in [-0.25, -0.2) is 4.57 Å². The molecule has 1 heterocycles. The topological polar surface area (TPSA) is 35.5 Å². The minimum absolute atomic E-state index is 0.525. The summed E-state index contributed by atoms with van der Waals surface area (Å²) in [5.41, 5.74) is 0. The Labute approximate surface area is 87.1 Å². The van der Waals surface area contributed by atoms with Crippen molar-refractivity contribution in [2.24, 2.45) is 0 Å². The van der Waals surface area contributed by atoms with Gasteiger partial charge in [0.1, 0.15) is 5.75 Å². The molecule has 1 fully saturated rings. The Bertz CT molecular complexity index is 331. The predicted molar refractivity (Wildman–Crippen MR) is 57.7 cm³/mol. The van der Waals surface area contributed by atoms with Gasteiger partial charge in [0.2, 0.25) is 0 Å². The first-order chi connectivity index (χ1) is 6.79. The Morgan fingerprint density at radius 3 is 2.79 bits per heavy atom. The number of rotatable bonds is 2. The molecule has 0 unspecified atom stereocenters. The summed E-state index contributed by atoms with van der Waals surface area (Å²) in [5.74, 6) is 1.44. The Balaban J connectivity index is 2.06. The number of hydrogen-bond donors (Lipinski definition) is 0. The van der Waals surface area contributed by atoms with Gasteiger partial charge in [-0.3, -0.25) is 4.52 Å². The van der Waals surface area contributed by atoms with Crippen LogP contribution in [0.5, 0.6) is 5.75 Å². The van der Waals surface area contributed by atoms with Gasteiger partial charge in [-0.2, -0.15) is 0 Å². The molecule has 0 amide bonds. The molecule has 2 rings (SSSR count). The van der Waals surface area contributed by atoms with E-state index in [1.54, 1.807) is 12.1 Å². The van der Waals surface area contributed by atoms with Gasteiger partial charge in [0.25, 0.3) is 0 Å². The fourth-order valence-corrected chi connectivity index (χ4v) is 4.42. The Morgan fingerprint density at radius 2 is 2.14 bits per heavy atom. The van der Waals surface area contributed by atoms with E-state index in [4.69, 9.17) is 9.05 Å². The van der Waals surface area contributed by atoms with Crippen molar-refractivity contribution in [2.75, 3.05) is 12.4 Å². The molecule has 1 aliphatic rings. The molecule has 14 heavy (non-hydrogen) atoms. The second kappa shape index (κ2) is 4.39. The first-order valence-electron chi connectivity index (χ1n) is 4.42. The molecule has 1 atom stereocenters. The van der Waals surface area contributed by atoms with Gasteiger partial charge in [0, 0.05) is 5.75 Å². The maximum absolute atomic E-state index is 11.9. The van der Waals surface area contributed by atoms with Crippen LogP contribution >= 0.6 is 18.2 Å². The summed E-state index contributed by atoms with van der Waals surface area (Å²) in [5, 5.41) is 0. The maximum atomic E-state index is 11.9. The molecule has 0 bridgehead atoms. The molecule has 76 valence electrons. The fourth-order valence-electron chi connectivity index (χ4n) is 1.11. The highest BCUT2D eigenvalue weighted by atomic mass is 32.7. The van der Waals surface area contributed by atoms with Crippen LogP contribution in [-0.4, -0.2) is 12.4 Å². The molecule has 0 radical (unpaired) electrons. The van der Waals surface area contributed by atoms with Crippen molar-refractivity contribution in [1.29, 1.82) is 0 Å². The van der Waals surface area contributed by atoms with Gasteiger partial charge in [0.15, 0.2) is 0 Å². The van der Waals surface area contributed by atoms with Gasteiger partial charge in [0.05, 0.1) is 6.61 Å². The third-order valence-corrected chi connectivity index (χ3v) is 5.50. The first kappa shape index (κ1) is 10.1. The Morgan fingerprint density at radius 1 is 1.36 bits per heavy atom. The van der Waals surface area contributed by atoms with Crippen molar-refractivity contribution in [3.63, 3.8) is 0 Å². The zero-order valence-corrected chi connectivity index (χ0v) is 9.30. The normalized spacial score (nSPS) is 27.1. The maximum Gasteiger partial charge on any atom is 0.440 e. The average molecular weight is 230 g/mol. The predicted octanol–water partition coefficient (Wildman–Crippen LogP) is 3.33. The molecule has 0 spiro atoms. The van der Waals surface area contributed by atoms with Crippen molar-refractivity contribution in [1.82, 2.24) is 0 Å². The van der Waals surface area contributed by atoms with Crippen LogP contribution in [-0.2, 0) is 9.09 Å². The summed E-state index contributed by atoms with van der Waals surface area (Å²) in [6, 6.07) is 9.13. The lowest BCUT2D eigenvalue weighted by Crippen LogP contribution is -2.04. The molecular formula is C9H11O3PS.